The Morgan fingerprint density at radius 1 is 1.10 bits per heavy atom. The molecule has 1 aromatic carbocycles. The predicted molar refractivity (Wildman–Crippen MR) is 115 cm³/mol. The number of rotatable bonds is 7. The number of aryl methyl sites for hydroxylation is 2. The maximum atomic E-state index is 12.7. The molecular formula is C22H26N4O2S. The molecule has 1 aromatic heterocycles. The van der Waals surface area contributed by atoms with Gasteiger partial charge < -0.3 is 10.2 Å². The van der Waals surface area contributed by atoms with Crippen molar-refractivity contribution in [1.29, 1.82) is 5.26 Å². The number of nitriles is 1. The lowest BCUT2D eigenvalue weighted by molar-refractivity contribution is -0.122. The van der Waals surface area contributed by atoms with Crippen molar-refractivity contribution in [2.24, 2.45) is 0 Å². The lowest BCUT2D eigenvalue weighted by atomic mass is 10.0. The molecule has 0 saturated carbocycles. The molecule has 0 bridgehead atoms. The topological polar surface area (TPSA) is 86.1 Å². The van der Waals surface area contributed by atoms with Gasteiger partial charge in [-0.1, -0.05) is 31.0 Å². The van der Waals surface area contributed by atoms with Crippen LogP contribution < -0.4 is 10.2 Å². The molecule has 1 heterocycles. The molecule has 2 aromatic rings. The molecule has 1 aliphatic rings. The summed E-state index contributed by atoms with van der Waals surface area (Å²) in [4.78, 5) is 32.5. The number of nitrogens with zero attached hydrogens (tertiary/aromatic N) is 3. The molecule has 0 saturated heterocycles. The van der Waals surface area contributed by atoms with E-state index in [0.29, 0.717) is 11.7 Å². The first-order valence-corrected chi connectivity index (χ1v) is 11.0. The maximum Gasteiger partial charge on any atom is 0.227 e. The van der Waals surface area contributed by atoms with E-state index in [1.54, 1.807) is 16.2 Å². The summed E-state index contributed by atoms with van der Waals surface area (Å²) in [6, 6.07) is 11.3. The molecule has 7 heteroatoms. The first kappa shape index (κ1) is 21.0. The quantitative estimate of drug-likeness (QED) is 0.730. The Morgan fingerprint density at radius 2 is 1.86 bits per heavy atom. The number of para-hydroxylation sites is 1. The third kappa shape index (κ3) is 6.13. The van der Waals surface area contributed by atoms with Gasteiger partial charge in [-0.2, -0.15) is 5.26 Å². The number of carbonyl (C=O) groups is 2. The van der Waals surface area contributed by atoms with Crippen LogP contribution in [0.1, 0.15) is 55.5 Å². The number of hydrogen-bond donors (Lipinski definition) is 1. The summed E-state index contributed by atoms with van der Waals surface area (Å²) in [5.74, 6) is -0.360. The standard InChI is InChI=1S/C22H26N4O2S/c23-15-8-16-26(17-9-4-3-5-10-17)21(28)14-13-20(27)25-22-24-18-11-6-1-2-7-12-19(18)29-22/h3-5,9-10H,1-2,6-8,11-14,16H2,(H,24,25,27). The number of amides is 2. The van der Waals surface area contributed by atoms with Gasteiger partial charge in [0.2, 0.25) is 11.8 Å². The zero-order valence-electron chi connectivity index (χ0n) is 16.5. The Labute approximate surface area is 175 Å². The summed E-state index contributed by atoms with van der Waals surface area (Å²) in [6.07, 6.45) is 7.27. The monoisotopic (exact) mass is 410 g/mol. The molecule has 1 N–H and O–H groups in total. The van der Waals surface area contributed by atoms with Crippen LogP contribution in [0.2, 0.25) is 0 Å². The average Bonchev–Trinajstić information content (AvgIpc) is 3.08. The summed E-state index contributed by atoms with van der Waals surface area (Å²) < 4.78 is 0. The summed E-state index contributed by atoms with van der Waals surface area (Å²) in [5.41, 5.74) is 1.86. The number of hydrogen-bond acceptors (Lipinski definition) is 5. The van der Waals surface area contributed by atoms with Crippen molar-refractivity contribution in [2.75, 3.05) is 16.8 Å². The number of carbonyl (C=O) groups excluding carboxylic acids is 2. The molecular weight excluding hydrogens is 384 g/mol. The van der Waals surface area contributed by atoms with E-state index in [1.807, 2.05) is 30.3 Å². The van der Waals surface area contributed by atoms with Gasteiger partial charge in [0.25, 0.3) is 0 Å². The highest BCUT2D eigenvalue weighted by Crippen LogP contribution is 2.28. The molecule has 29 heavy (non-hydrogen) atoms. The van der Waals surface area contributed by atoms with Crippen LogP contribution in [-0.2, 0) is 22.4 Å². The Morgan fingerprint density at radius 3 is 2.62 bits per heavy atom. The number of nitrogens with one attached hydrogen (secondary N) is 1. The average molecular weight is 411 g/mol. The van der Waals surface area contributed by atoms with Crippen molar-refractivity contribution < 1.29 is 9.59 Å². The highest BCUT2D eigenvalue weighted by Gasteiger charge is 2.18. The van der Waals surface area contributed by atoms with E-state index >= 15 is 0 Å². The second kappa shape index (κ2) is 10.7. The zero-order chi connectivity index (χ0) is 20.5. The van der Waals surface area contributed by atoms with Gasteiger partial charge in [0.1, 0.15) is 0 Å². The Kier molecular flexibility index (Phi) is 7.77. The van der Waals surface area contributed by atoms with Gasteiger partial charge in [-0.25, -0.2) is 4.98 Å². The zero-order valence-corrected chi connectivity index (χ0v) is 17.3. The molecule has 0 spiro atoms. The van der Waals surface area contributed by atoms with Crippen molar-refractivity contribution in [1.82, 2.24) is 4.98 Å². The van der Waals surface area contributed by atoms with E-state index in [-0.39, 0.29) is 31.1 Å². The fourth-order valence-electron chi connectivity index (χ4n) is 3.46. The van der Waals surface area contributed by atoms with Crippen LogP contribution in [0.4, 0.5) is 10.8 Å². The number of anilines is 2. The Bertz CT molecular complexity index is 847. The van der Waals surface area contributed by atoms with Gasteiger partial charge in [0, 0.05) is 30.0 Å². The second-order valence-electron chi connectivity index (χ2n) is 7.14. The first-order valence-electron chi connectivity index (χ1n) is 10.2. The third-order valence-electron chi connectivity index (χ3n) is 4.97. The van der Waals surface area contributed by atoms with E-state index in [9.17, 15) is 9.59 Å². The minimum Gasteiger partial charge on any atom is -0.311 e. The largest absolute Gasteiger partial charge is 0.311 e. The number of benzene rings is 1. The summed E-state index contributed by atoms with van der Waals surface area (Å²) in [7, 11) is 0. The van der Waals surface area contributed by atoms with Crippen LogP contribution in [0.15, 0.2) is 30.3 Å². The maximum absolute atomic E-state index is 12.7. The second-order valence-corrected chi connectivity index (χ2v) is 8.22. The van der Waals surface area contributed by atoms with Crippen LogP contribution in [0.3, 0.4) is 0 Å². The number of fused-ring (bicyclic) bond motifs is 1. The molecule has 2 amide bonds. The van der Waals surface area contributed by atoms with Crippen LogP contribution in [-0.4, -0.2) is 23.3 Å². The highest BCUT2D eigenvalue weighted by molar-refractivity contribution is 7.15. The summed E-state index contributed by atoms with van der Waals surface area (Å²) in [6.45, 7) is 0.320. The van der Waals surface area contributed by atoms with Crippen molar-refractivity contribution in [3.05, 3.63) is 40.9 Å². The van der Waals surface area contributed by atoms with Crippen molar-refractivity contribution in [3.63, 3.8) is 0 Å². The summed E-state index contributed by atoms with van der Waals surface area (Å²) >= 11 is 1.56. The molecule has 6 nitrogen and oxygen atoms in total. The highest BCUT2D eigenvalue weighted by atomic mass is 32.1. The normalized spacial score (nSPS) is 13.5. The van der Waals surface area contributed by atoms with Gasteiger partial charge in [-0.3, -0.25) is 9.59 Å². The van der Waals surface area contributed by atoms with Crippen LogP contribution in [0.5, 0.6) is 0 Å². The Balaban J connectivity index is 1.55. The van der Waals surface area contributed by atoms with Crippen LogP contribution in [0, 0.1) is 11.3 Å². The molecule has 0 aliphatic heterocycles. The Hall–Kier alpha value is -2.72. The smallest absolute Gasteiger partial charge is 0.227 e. The third-order valence-corrected chi connectivity index (χ3v) is 6.05. The minimum atomic E-state index is -0.201. The molecule has 0 fully saturated rings. The van der Waals surface area contributed by atoms with Gasteiger partial charge in [-0.05, 0) is 37.8 Å². The molecule has 152 valence electrons. The van der Waals surface area contributed by atoms with E-state index in [2.05, 4.69) is 16.4 Å². The van der Waals surface area contributed by atoms with Gasteiger partial charge in [-0.15, -0.1) is 11.3 Å². The predicted octanol–water partition coefficient (Wildman–Crippen LogP) is 4.47. The molecule has 0 atom stereocenters. The molecule has 1 aliphatic carbocycles. The van der Waals surface area contributed by atoms with Crippen LogP contribution in [0.25, 0.3) is 0 Å². The SMILES string of the molecule is N#CCCN(C(=O)CCC(=O)Nc1nc2c(s1)CCCCCC2)c1ccccc1. The number of thiazole rings is 1. The fraction of sp³-hybridized carbons (Fsp3) is 0.455. The molecule has 0 unspecified atom stereocenters. The number of aromatic nitrogens is 1. The minimum absolute atomic E-state index is 0.0945. The first-order chi connectivity index (χ1) is 14.2. The van der Waals surface area contributed by atoms with E-state index in [4.69, 9.17) is 5.26 Å². The van der Waals surface area contributed by atoms with E-state index in [1.165, 1.54) is 24.1 Å². The lowest BCUT2D eigenvalue weighted by Crippen LogP contribution is -2.32. The molecule has 3 rings (SSSR count). The van der Waals surface area contributed by atoms with Gasteiger partial charge in [0.15, 0.2) is 5.13 Å². The summed E-state index contributed by atoms with van der Waals surface area (Å²) in [5, 5.41) is 12.4. The van der Waals surface area contributed by atoms with Gasteiger partial charge >= 0.3 is 0 Å². The lowest BCUT2D eigenvalue weighted by Gasteiger charge is -2.21. The molecule has 0 radical (unpaired) electrons. The van der Waals surface area contributed by atoms with E-state index < -0.39 is 0 Å². The fourth-order valence-corrected chi connectivity index (χ4v) is 4.53. The van der Waals surface area contributed by atoms with Gasteiger partial charge in [0.05, 0.1) is 18.2 Å². The van der Waals surface area contributed by atoms with Crippen molar-refractivity contribution in [3.8, 4) is 6.07 Å². The van der Waals surface area contributed by atoms with Crippen molar-refractivity contribution in [2.45, 2.75) is 57.8 Å². The van der Waals surface area contributed by atoms with Crippen molar-refractivity contribution >= 4 is 34.0 Å². The van der Waals surface area contributed by atoms with E-state index in [0.717, 1.165) is 30.6 Å². The van der Waals surface area contributed by atoms with Crippen LogP contribution >= 0.6 is 11.3 Å².